The molecule has 430 valence electrons. The van der Waals surface area contributed by atoms with Crippen molar-refractivity contribution in [2.24, 2.45) is 50.2 Å². The number of hydrogen-bond donors (Lipinski definition) is 12. The molecule has 8 fully saturated rings. The van der Waals surface area contributed by atoms with E-state index in [1.54, 1.807) is 6.92 Å². The highest BCUT2D eigenvalue weighted by molar-refractivity contribution is 5.80. The number of hydrogen-bond acceptors (Lipinski definition) is 21. The molecule has 0 aromatic rings. The van der Waals surface area contributed by atoms with Gasteiger partial charge in [0.2, 0.25) is 6.29 Å². The van der Waals surface area contributed by atoms with E-state index in [1.807, 2.05) is 6.92 Å². The molecule has 21 nitrogen and oxygen atoms in total. The molecule has 28 atom stereocenters. The lowest BCUT2D eigenvalue weighted by Crippen LogP contribution is -2.68. The van der Waals surface area contributed by atoms with Gasteiger partial charge >= 0.3 is 5.97 Å². The van der Waals surface area contributed by atoms with Crippen LogP contribution in [-0.4, -0.2) is 210 Å². The zero-order valence-corrected chi connectivity index (χ0v) is 44.8. The van der Waals surface area contributed by atoms with Crippen molar-refractivity contribution in [3.05, 3.63) is 11.6 Å². The Morgan fingerprint density at radius 2 is 1.27 bits per heavy atom. The molecule has 5 aliphatic carbocycles. The van der Waals surface area contributed by atoms with E-state index in [1.165, 1.54) is 6.92 Å². The minimum atomic E-state index is -1.66. The third-order valence-corrected chi connectivity index (χ3v) is 21.3. The van der Waals surface area contributed by atoms with Crippen molar-refractivity contribution in [2.45, 2.75) is 249 Å². The fraction of sp³-hybridized carbons (Fsp3) is 0.944. The Bertz CT molecular complexity index is 2060. The Hall–Kier alpha value is -1.55. The third kappa shape index (κ3) is 9.61. The molecule has 12 N–H and O–H groups in total. The van der Waals surface area contributed by atoms with Crippen LogP contribution in [0.1, 0.15) is 126 Å². The van der Waals surface area contributed by atoms with E-state index in [-0.39, 0.29) is 47.5 Å². The van der Waals surface area contributed by atoms with Gasteiger partial charge in [-0.05, 0) is 111 Å². The first-order valence-corrected chi connectivity index (χ1v) is 27.6. The molecule has 0 amide bonds. The third-order valence-electron chi connectivity index (χ3n) is 21.3. The fourth-order valence-corrected chi connectivity index (χ4v) is 16.4. The molecule has 0 aromatic carbocycles. The molecule has 75 heavy (non-hydrogen) atoms. The second-order valence-corrected chi connectivity index (χ2v) is 26.0. The van der Waals surface area contributed by atoms with Gasteiger partial charge in [-0.1, -0.05) is 53.2 Å². The Kier molecular flexibility index (Phi) is 16.3. The van der Waals surface area contributed by atoms with Crippen molar-refractivity contribution < 1.29 is 104 Å². The predicted molar refractivity (Wildman–Crippen MR) is 260 cm³/mol. The number of allylic oxidation sites excluding steroid dienone is 2. The van der Waals surface area contributed by atoms with Crippen LogP contribution in [0.4, 0.5) is 0 Å². The zero-order chi connectivity index (χ0) is 54.7. The lowest BCUT2D eigenvalue weighted by Gasteiger charge is -2.72. The van der Waals surface area contributed by atoms with E-state index < -0.39 is 164 Å². The normalized spacial score (nSPS) is 54.8. The second-order valence-electron chi connectivity index (χ2n) is 26.0. The molecule has 4 saturated carbocycles. The van der Waals surface area contributed by atoms with Crippen LogP contribution in [0, 0.1) is 50.2 Å². The molecule has 4 aliphatic heterocycles. The first kappa shape index (κ1) is 58.1. The van der Waals surface area contributed by atoms with Crippen molar-refractivity contribution in [1.82, 2.24) is 0 Å². The van der Waals surface area contributed by atoms with Crippen LogP contribution in [0.15, 0.2) is 11.6 Å². The van der Waals surface area contributed by atoms with Gasteiger partial charge in [0.25, 0.3) is 0 Å². The standard InChI is InChI=1S/C54H88O21/c1-24-38(60)41(63)43(65)46(69-24)73-35-12-13-50(5)32(51(35,6)23-56)11-14-52(7)33(50)10-9-26-27-19-49(3,4)15-16-54(27,34(59)20-53(26,52)8)48(67)74-37-17-28(57)40(62)31(72-37)22-68-36-18-29(58)45(30(21-55)71-36)75-47-44(66)42(64)39(61)25(2)70-47/h9,24-25,27-47,55-66H,10-23H2,1-8H3/t24-,25-,27?,28+,29+,30+,31+,32?,33?,34?,35-,36+,37-,38-,39-,40-,41+,42+,43+,44+,45-,46-,47-,50-,51-,52+,53+,54+/m0/s1. The van der Waals surface area contributed by atoms with Crippen LogP contribution < -0.4 is 0 Å². The van der Waals surface area contributed by atoms with Crippen molar-refractivity contribution in [3.63, 3.8) is 0 Å². The summed E-state index contributed by atoms with van der Waals surface area (Å²) in [5.74, 6) is -0.927. The number of carbonyl (C=O) groups excluding carboxylic acids is 1. The molecule has 9 rings (SSSR count). The Morgan fingerprint density at radius 3 is 1.89 bits per heavy atom. The van der Waals surface area contributed by atoms with Crippen LogP contribution in [0.2, 0.25) is 0 Å². The number of carbonyl (C=O) groups is 1. The van der Waals surface area contributed by atoms with Gasteiger partial charge in [-0.3, -0.25) is 4.79 Å². The SMILES string of the molecule is C[C@@H]1O[C@@H](O[C@H]2[C@H](O)C[C@H](OC[C@H]3O[C@@H](OC(=O)[C@]45CCC(C)(C)CC4C4=CCC6[C@@]7(C)CC[C@H](O[C@@H]8O[C@@H](C)[C@H](O)[C@@H](O)[C@H]8O)[C@@](C)(CO)C7CC[C@@]6(C)[C@]4(C)CC5O)C[C@@H](O)[C@@H]3O)O[C@@H]2CO)[C@H](O)[C@H](O)[C@H]1O. The van der Waals surface area contributed by atoms with Gasteiger partial charge in [-0.2, -0.15) is 0 Å². The maximum atomic E-state index is 15.1. The predicted octanol–water partition coefficient (Wildman–Crippen LogP) is 0.0215. The van der Waals surface area contributed by atoms with Gasteiger partial charge < -0.3 is 99.2 Å². The Balaban J connectivity index is 0.895. The van der Waals surface area contributed by atoms with Crippen molar-refractivity contribution in [2.75, 3.05) is 19.8 Å². The van der Waals surface area contributed by atoms with Gasteiger partial charge in [0.1, 0.15) is 66.5 Å². The second kappa shape index (κ2) is 21.1. The number of rotatable bonds is 11. The lowest BCUT2D eigenvalue weighted by molar-refractivity contribution is -0.343. The number of esters is 1. The topological polar surface area (TPSA) is 334 Å². The molecule has 0 aromatic heterocycles. The van der Waals surface area contributed by atoms with E-state index in [2.05, 4.69) is 40.7 Å². The van der Waals surface area contributed by atoms with Gasteiger partial charge in [0.15, 0.2) is 18.9 Å². The number of aliphatic hydroxyl groups is 12. The minimum Gasteiger partial charge on any atom is -0.435 e. The van der Waals surface area contributed by atoms with Gasteiger partial charge in [-0.25, -0.2) is 0 Å². The molecule has 21 heteroatoms. The summed E-state index contributed by atoms with van der Waals surface area (Å²) in [6.45, 7) is 15.2. The average Bonchev–Trinajstić information content (AvgIpc) is 3.37. The van der Waals surface area contributed by atoms with Crippen LogP contribution in [0.5, 0.6) is 0 Å². The molecule has 0 spiro atoms. The maximum Gasteiger partial charge on any atom is 0.317 e. The fourth-order valence-electron chi connectivity index (χ4n) is 16.4. The summed E-state index contributed by atoms with van der Waals surface area (Å²) in [5.41, 5.74) is -2.32. The first-order valence-electron chi connectivity index (χ1n) is 27.6. The summed E-state index contributed by atoms with van der Waals surface area (Å²) in [6, 6.07) is 0. The largest absolute Gasteiger partial charge is 0.435 e. The quantitative estimate of drug-likeness (QED) is 0.0737. The van der Waals surface area contributed by atoms with E-state index >= 15 is 4.79 Å². The summed E-state index contributed by atoms with van der Waals surface area (Å²) in [7, 11) is 0. The van der Waals surface area contributed by atoms with Gasteiger partial charge in [-0.15, -0.1) is 0 Å². The highest BCUT2D eigenvalue weighted by Crippen LogP contribution is 2.76. The summed E-state index contributed by atoms with van der Waals surface area (Å²) < 4.78 is 47.9. The molecular weight excluding hydrogens is 985 g/mol. The molecule has 4 unspecified atom stereocenters. The highest BCUT2D eigenvalue weighted by Gasteiger charge is 2.72. The molecule has 4 heterocycles. The average molecular weight is 1070 g/mol. The van der Waals surface area contributed by atoms with E-state index in [4.69, 9.17) is 37.9 Å². The van der Waals surface area contributed by atoms with Crippen molar-refractivity contribution >= 4 is 5.97 Å². The van der Waals surface area contributed by atoms with Gasteiger partial charge in [0, 0.05) is 18.3 Å². The number of ether oxygens (including phenoxy) is 8. The summed E-state index contributed by atoms with van der Waals surface area (Å²) in [5, 5.41) is 130. The number of fused-ring (bicyclic) bond motifs is 7. The van der Waals surface area contributed by atoms with Crippen molar-refractivity contribution in [3.8, 4) is 0 Å². The van der Waals surface area contributed by atoms with E-state index in [0.29, 0.717) is 38.5 Å². The maximum absolute atomic E-state index is 15.1. The first-order chi connectivity index (χ1) is 35.1. The summed E-state index contributed by atoms with van der Waals surface area (Å²) in [6.07, 6.45) is -17.9. The molecule has 0 radical (unpaired) electrons. The molecular formula is C54H88O21. The van der Waals surface area contributed by atoms with Crippen LogP contribution in [-0.2, 0) is 42.7 Å². The smallest absolute Gasteiger partial charge is 0.317 e. The highest BCUT2D eigenvalue weighted by atomic mass is 16.7. The molecule has 9 aliphatic rings. The van der Waals surface area contributed by atoms with Crippen molar-refractivity contribution in [1.29, 1.82) is 0 Å². The van der Waals surface area contributed by atoms with E-state index in [0.717, 1.165) is 24.8 Å². The number of aliphatic hydroxyl groups excluding tert-OH is 12. The summed E-state index contributed by atoms with van der Waals surface area (Å²) in [4.78, 5) is 15.1. The van der Waals surface area contributed by atoms with Crippen LogP contribution in [0.3, 0.4) is 0 Å². The van der Waals surface area contributed by atoms with Crippen LogP contribution in [0.25, 0.3) is 0 Å². The Labute approximate surface area is 439 Å². The molecule has 4 saturated heterocycles. The van der Waals surface area contributed by atoms with Gasteiger partial charge in [0.05, 0.1) is 56.4 Å². The monoisotopic (exact) mass is 1070 g/mol. The minimum absolute atomic E-state index is 0.00436. The van der Waals surface area contributed by atoms with E-state index in [9.17, 15) is 61.3 Å². The zero-order valence-electron chi connectivity index (χ0n) is 44.8. The summed E-state index contributed by atoms with van der Waals surface area (Å²) >= 11 is 0. The Morgan fingerprint density at radius 1 is 0.653 bits per heavy atom. The lowest BCUT2D eigenvalue weighted by atomic mass is 9.33. The van der Waals surface area contributed by atoms with Crippen LogP contribution >= 0.6 is 0 Å². The molecule has 0 bridgehead atoms.